The largest absolute Gasteiger partial charge is 0.456 e. The third kappa shape index (κ3) is 4.24. The number of carbonyl (C=O) groups excluding carboxylic acids is 1. The van der Waals surface area contributed by atoms with Crippen molar-refractivity contribution in [3.63, 3.8) is 0 Å². The topological polar surface area (TPSA) is 78.4 Å². The van der Waals surface area contributed by atoms with Crippen LogP contribution in [-0.2, 0) is 22.6 Å². The molecule has 0 saturated carbocycles. The molecule has 0 atom stereocenters. The number of furan rings is 1. The fourth-order valence-electron chi connectivity index (χ4n) is 1.99. The molecule has 0 aliphatic carbocycles. The Morgan fingerprint density at radius 1 is 1.17 bits per heavy atom. The molecule has 0 radical (unpaired) electrons. The highest BCUT2D eigenvalue weighted by Gasteiger charge is 2.14. The molecule has 0 amide bonds. The summed E-state index contributed by atoms with van der Waals surface area (Å²) in [6.07, 6.45) is 0.726. The van der Waals surface area contributed by atoms with Gasteiger partial charge in [0.05, 0.1) is 0 Å². The molecule has 0 N–H and O–H groups in total. The maximum Gasteiger partial charge on any atom is 0.306 e. The zero-order valence-electron chi connectivity index (χ0n) is 12.4. The maximum atomic E-state index is 11.8. The number of carbonyl (C=O) groups is 1. The Morgan fingerprint density at radius 3 is 2.75 bits per heavy atom. The molecule has 6 nitrogen and oxygen atoms in total. The predicted molar refractivity (Wildman–Crippen MR) is 89.3 cm³/mol. The monoisotopic (exact) mass is 410 g/mol. The minimum absolute atomic E-state index is 0.0871. The van der Waals surface area contributed by atoms with Crippen molar-refractivity contribution in [1.82, 2.24) is 10.2 Å². The first-order chi connectivity index (χ1) is 11.6. The molecule has 0 aliphatic heterocycles. The van der Waals surface area contributed by atoms with E-state index in [0.29, 0.717) is 21.9 Å². The Morgan fingerprint density at radius 2 is 2.00 bits per heavy atom. The Kier molecular flexibility index (Phi) is 5.32. The fourth-order valence-corrected chi connectivity index (χ4v) is 2.53. The number of rotatable bonds is 6. The number of benzene rings is 1. The van der Waals surface area contributed by atoms with Gasteiger partial charge in [0.25, 0.3) is 11.8 Å². The summed E-state index contributed by atoms with van der Waals surface area (Å²) in [5.74, 6) is 0.493. The van der Waals surface area contributed by atoms with Crippen LogP contribution in [0.3, 0.4) is 0 Å². The van der Waals surface area contributed by atoms with E-state index in [4.69, 9.17) is 25.2 Å². The van der Waals surface area contributed by atoms with E-state index >= 15 is 0 Å². The SMILES string of the molecule is O=C(CCc1ccccc1Cl)OCc1nnc(-c2ccc(Br)o2)o1. The molecule has 3 rings (SSSR count). The molecule has 0 aliphatic rings. The summed E-state index contributed by atoms with van der Waals surface area (Å²) >= 11 is 9.24. The Bertz CT molecular complexity index is 846. The van der Waals surface area contributed by atoms with Gasteiger partial charge in [-0.2, -0.15) is 0 Å². The summed E-state index contributed by atoms with van der Waals surface area (Å²) in [4.78, 5) is 11.8. The van der Waals surface area contributed by atoms with Gasteiger partial charge < -0.3 is 13.6 Å². The van der Waals surface area contributed by atoms with Crippen LogP contribution in [0.5, 0.6) is 0 Å². The Labute approximate surface area is 150 Å². The van der Waals surface area contributed by atoms with Crippen LogP contribution in [0.1, 0.15) is 17.9 Å². The molecule has 8 heteroatoms. The average Bonchev–Trinajstić information content (AvgIpc) is 3.21. The van der Waals surface area contributed by atoms with Gasteiger partial charge in [-0.1, -0.05) is 29.8 Å². The number of aromatic nitrogens is 2. The van der Waals surface area contributed by atoms with Crippen molar-refractivity contribution < 1.29 is 18.4 Å². The summed E-state index contributed by atoms with van der Waals surface area (Å²) in [7, 11) is 0. The van der Waals surface area contributed by atoms with Crippen molar-refractivity contribution in [3.8, 4) is 11.7 Å². The van der Waals surface area contributed by atoms with Gasteiger partial charge in [-0.3, -0.25) is 4.79 Å². The van der Waals surface area contributed by atoms with E-state index in [1.807, 2.05) is 18.2 Å². The van der Waals surface area contributed by atoms with Crippen LogP contribution in [0.4, 0.5) is 0 Å². The van der Waals surface area contributed by atoms with E-state index in [-0.39, 0.29) is 30.8 Å². The number of esters is 1. The highest BCUT2D eigenvalue weighted by Crippen LogP contribution is 2.24. The van der Waals surface area contributed by atoms with Gasteiger partial charge in [-0.05, 0) is 46.1 Å². The predicted octanol–water partition coefficient (Wildman–Crippen LogP) is 4.42. The minimum atomic E-state index is -0.365. The number of ether oxygens (including phenoxy) is 1. The van der Waals surface area contributed by atoms with Gasteiger partial charge in [0, 0.05) is 11.4 Å². The molecule has 1 aromatic carbocycles. The summed E-state index contributed by atoms with van der Waals surface area (Å²) < 4.78 is 16.4. The Balaban J connectivity index is 1.50. The normalized spacial score (nSPS) is 10.8. The summed E-state index contributed by atoms with van der Waals surface area (Å²) in [5.41, 5.74) is 0.902. The first-order valence-electron chi connectivity index (χ1n) is 7.09. The standard InChI is InChI=1S/C16H12BrClN2O4/c17-13-7-6-12(23-13)16-20-19-14(24-16)9-22-15(21)8-5-10-3-1-2-4-11(10)18/h1-4,6-7H,5,8-9H2. The first-order valence-corrected chi connectivity index (χ1v) is 8.26. The van der Waals surface area contributed by atoms with Crippen molar-refractivity contribution in [1.29, 1.82) is 0 Å². The van der Waals surface area contributed by atoms with Crippen LogP contribution < -0.4 is 0 Å². The summed E-state index contributed by atoms with van der Waals surface area (Å²) in [6.45, 7) is -0.0871. The van der Waals surface area contributed by atoms with Gasteiger partial charge in [0.2, 0.25) is 0 Å². The van der Waals surface area contributed by atoms with Crippen molar-refractivity contribution in [3.05, 3.63) is 57.5 Å². The van der Waals surface area contributed by atoms with E-state index in [0.717, 1.165) is 5.56 Å². The van der Waals surface area contributed by atoms with Crippen molar-refractivity contribution in [2.45, 2.75) is 19.4 Å². The zero-order valence-corrected chi connectivity index (χ0v) is 14.7. The summed E-state index contributed by atoms with van der Waals surface area (Å²) in [6, 6.07) is 10.8. The molecule has 0 saturated heterocycles. The number of halogens is 2. The van der Waals surface area contributed by atoms with E-state index in [9.17, 15) is 4.79 Å². The molecule has 2 aromatic heterocycles. The van der Waals surface area contributed by atoms with Crippen LogP contribution in [0.2, 0.25) is 5.02 Å². The van der Waals surface area contributed by atoms with Crippen LogP contribution in [-0.4, -0.2) is 16.2 Å². The quantitative estimate of drug-likeness (QED) is 0.559. The second-order valence-corrected chi connectivity index (χ2v) is 6.05. The highest BCUT2D eigenvalue weighted by molar-refractivity contribution is 9.10. The molecular formula is C16H12BrClN2O4. The van der Waals surface area contributed by atoms with Gasteiger partial charge in [-0.15, -0.1) is 10.2 Å². The number of aryl methyl sites for hydroxylation is 1. The lowest BCUT2D eigenvalue weighted by Gasteiger charge is -2.04. The number of hydrogen-bond donors (Lipinski definition) is 0. The minimum Gasteiger partial charge on any atom is -0.456 e. The molecule has 124 valence electrons. The number of hydrogen-bond acceptors (Lipinski definition) is 6. The molecule has 0 spiro atoms. The average molecular weight is 412 g/mol. The maximum absolute atomic E-state index is 11.8. The fraction of sp³-hybridized carbons (Fsp3) is 0.188. The summed E-state index contributed by atoms with van der Waals surface area (Å²) in [5, 5.41) is 8.29. The van der Waals surface area contributed by atoms with Crippen molar-refractivity contribution >= 4 is 33.5 Å². The van der Waals surface area contributed by atoms with Crippen molar-refractivity contribution in [2.75, 3.05) is 0 Å². The van der Waals surface area contributed by atoms with Gasteiger partial charge in [0.1, 0.15) is 0 Å². The Hall–Kier alpha value is -2.12. The van der Waals surface area contributed by atoms with E-state index in [1.165, 1.54) is 0 Å². The molecule has 24 heavy (non-hydrogen) atoms. The van der Waals surface area contributed by atoms with Gasteiger partial charge >= 0.3 is 5.97 Å². The van der Waals surface area contributed by atoms with E-state index < -0.39 is 0 Å². The molecule has 2 heterocycles. The lowest BCUT2D eigenvalue weighted by Crippen LogP contribution is -2.06. The smallest absolute Gasteiger partial charge is 0.306 e. The van der Waals surface area contributed by atoms with Gasteiger partial charge in [-0.25, -0.2) is 0 Å². The second-order valence-electron chi connectivity index (χ2n) is 4.86. The van der Waals surface area contributed by atoms with Crippen LogP contribution in [0.25, 0.3) is 11.7 Å². The molecule has 0 unspecified atom stereocenters. The van der Waals surface area contributed by atoms with Crippen molar-refractivity contribution in [2.24, 2.45) is 0 Å². The second kappa shape index (κ2) is 7.63. The third-order valence-corrected chi connectivity index (χ3v) is 3.96. The van der Waals surface area contributed by atoms with Crippen LogP contribution in [0.15, 0.2) is 49.9 Å². The highest BCUT2D eigenvalue weighted by atomic mass is 79.9. The van der Waals surface area contributed by atoms with Crippen LogP contribution in [0, 0.1) is 0 Å². The first kappa shape index (κ1) is 16.7. The van der Waals surface area contributed by atoms with E-state index in [2.05, 4.69) is 26.1 Å². The molecular weight excluding hydrogens is 400 g/mol. The third-order valence-electron chi connectivity index (χ3n) is 3.16. The number of nitrogens with zero attached hydrogens (tertiary/aromatic N) is 2. The molecule has 0 fully saturated rings. The van der Waals surface area contributed by atoms with Crippen LogP contribution >= 0.6 is 27.5 Å². The lowest BCUT2D eigenvalue weighted by atomic mass is 10.1. The molecule has 3 aromatic rings. The molecule has 0 bridgehead atoms. The van der Waals surface area contributed by atoms with Gasteiger partial charge in [0.15, 0.2) is 17.0 Å². The van der Waals surface area contributed by atoms with E-state index in [1.54, 1.807) is 18.2 Å². The zero-order chi connectivity index (χ0) is 16.9. The lowest BCUT2D eigenvalue weighted by molar-refractivity contribution is -0.145.